The van der Waals surface area contributed by atoms with Gasteiger partial charge in [-0.05, 0) is 0 Å². The van der Waals surface area contributed by atoms with E-state index >= 15 is 0 Å². The van der Waals surface area contributed by atoms with Crippen LogP contribution in [0, 0.1) is 0 Å². The van der Waals surface area contributed by atoms with Crippen molar-refractivity contribution in [2.75, 3.05) is 5.73 Å². The van der Waals surface area contributed by atoms with Crippen LogP contribution >= 0.6 is 11.6 Å². The number of hydrogen-bond donors (Lipinski definition) is 1. The van der Waals surface area contributed by atoms with Crippen molar-refractivity contribution in [1.82, 2.24) is 14.8 Å². The Hall–Kier alpha value is -1.75. The Bertz CT molecular complexity index is 483. The van der Waals surface area contributed by atoms with E-state index in [4.69, 9.17) is 22.1 Å². The normalized spacial score (nSPS) is 10.3. The third-order valence-corrected chi connectivity index (χ3v) is 1.92. The number of hydrogen-bond acceptors (Lipinski definition) is 4. The van der Waals surface area contributed by atoms with Gasteiger partial charge in [0.2, 0.25) is 0 Å². The van der Waals surface area contributed by atoms with Crippen molar-refractivity contribution in [3.05, 3.63) is 29.7 Å². The topological polar surface area (TPSA) is 66.0 Å². The monoisotopic (exact) mass is 224 g/mol. The molecule has 78 valence electrons. The fraction of sp³-hybridized carbons (Fsp3) is 0.111. The number of aryl methyl sites for hydroxylation is 1. The highest BCUT2D eigenvalue weighted by molar-refractivity contribution is 6.30. The van der Waals surface area contributed by atoms with E-state index in [0.29, 0.717) is 22.3 Å². The van der Waals surface area contributed by atoms with Crippen molar-refractivity contribution < 1.29 is 4.74 Å². The van der Waals surface area contributed by atoms with Gasteiger partial charge in [-0.15, -0.1) is 5.10 Å². The van der Waals surface area contributed by atoms with Crippen LogP contribution in [0.2, 0.25) is 5.02 Å². The lowest BCUT2D eigenvalue weighted by Gasteiger charge is -2.02. The van der Waals surface area contributed by atoms with Gasteiger partial charge in [-0.25, -0.2) is 0 Å². The Kier molecular flexibility index (Phi) is 2.47. The standard InChI is InChI=1S/C9H9ClN4O/c1-14-5-8(11)9(13-14)15-7-2-6(10)3-12-4-7/h2-5H,11H2,1H3. The van der Waals surface area contributed by atoms with Crippen LogP contribution in [0.3, 0.4) is 0 Å². The zero-order valence-electron chi connectivity index (χ0n) is 8.01. The number of rotatable bonds is 2. The van der Waals surface area contributed by atoms with Crippen LogP contribution in [0.5, 0.6) is 11.6 Å². The minimum absolute atomic E-state index is 0.349. The summed E-state index contributed by atoms with van der Waals surface area (Å²) in [4.78, 5) is 3.88. The van der Waals surface area contributed by atoms with Crippen LogP contribution in [0.25, 0.3) is 0 Å². The van der Waals surface area contributed by atoms with Gasteiger partial charge in [-0.3, -0.25) is 9.67 Å². The number of nitrogen functional groups attached to an aromatic ring is 1. The number of nitrogens with two attached hydrogens (primary N) is 1. The van der Waals surface area contributed by atoms with Crippen LogP contribution in [0.1, 0.15) is 0 Å². The number of halogens is 1. The minimum atomic E-state index is 0.349. The summed E-state index contributed by atoms with van der Waals surface area (Å²) in [5, 5.41) is 4.54. The molecule has 6 heteroatoms. The molecule has 0 amide bonds. The molecule has 0 aliphatic carbocycles. The second-order valence-electron chi connectivity index (χ2n) is 3.00. The van der Waals surface area contributed by atoms with Crippen LogP contribution in [-0.4, -0.2) is 14.8 Å². The Morgan fingerprint density at radius 1 is 1.47 bits per heavy atom. The van der Waals surface area contributed by atoms with Crippen molar-refractivity contribution in [1.29, 1.82) is 0 Å². The molecule has 0 atom stereocenters. The molecule has 0 aromatic carbocycles. The van der Waals surface area contributed by atoms with Crippen molar-refractivity contribution in [3.8, 4) is 11.6 Å². The predicted molar refractivity (Wildman–Crippen MR) is 56.9 cm³/mol. The zero-order valence-corrected chi connectivity index (χ0v) is 8.77. The molecule has 5 nitrogen and oxygen atoms in total. The van der Waals surface area contributed by atoms with Crippen molar-refractivity contribution in [2.24, 2.45) is 7.05 Å². The van der Waals surface area contributed by atoms with Gasteiger partial charge in [-0.1, -0.05) is 11.6 Å². The Balaban J connectivity index is 2.25. The van der Waals surface area contributed by atoms with Gasteiger partial charge in [0, 0.05) is 19.3 Å². The molecule has 0 saturated heterocycles. The average molecular weight is 225 g/mol. The second kappa shape index (κ2) is 3.78. The van der Waals surface area contributed by atoms with E-state index < -0.39 is 0 Å². The van der Waals surface area contributed by atoms with E-state index in [1.165, 1.54) is 6.20 Å². The van der Waals surface area contributed by atoms with Gasteiger partial charge in [0.25, 0.3) is 5.88 Å². The number of aromatic nitrogens is 3. The summed E-state index contributed by atoms with van der Waals surface area (Å²) >= 11 is 5.76. The van der Waals surface area contributed by atoms with Crippen LogP contribution in [0.4, 0.5) is 5.69 Å². The summed E-state index contributed by atoms with van der Waals surface area (Å²) in [6.07, 6.45) is 4.73. The summed E-state index contributed by atoms with van der Waals surface area (Å²) in [5.74, 6) is 0.856. The lowest BCUT2D eigenvalue weighted by molar-refractivity contribution is 0.454. The molecule has 0 spiro atoms. The highest BCUT2D eigenvalue weighted by Gasteiger charge is 2.06. The smallest absolute Gasteiger partial charge is 0.261 e. The van der Waals surface area contributed by atoms with E-state index in [2.05, 4.69) is 10.1 Å². The largest absolute Gasteiger partial charge is 0.434 e. The lowest BCUT2D eigenvalue weighted by atomic mass is 10.4. The lowest BCUT2D eigenvalue weighted by Crippen LogP contribution is -1.91. The number of pyridine rings is 1. The van der Waals surface area contributed by atoms with E-state index in [-0.39, 0.29) is 0 Å². The fourth-order valence-electron chi connectivity index (χ4n) is 1.13. The molecule has 2 aromatic rings. The van der Waals surface area contributed by atoms with Gasteiger partial charge < -0.3 is 10.5 Å². The molecular weight excluding hydrogens is 216 g/mol. The predicted octanol–water partition coefficient (Wildman–Crippen LogP) is 1.84. The van der Waals surface area contributed by atoms with E-state index in [1.54, 1.807) is 30.2 Å². The maximum Gasteiger partial charge on any atom is 0.261 e. The minimum Gasteiger partial charge on any atom is -0.434 e. The molecule has 0 aliphatic heterocycles. The SMILES string of the molecule is Cn1cc(N)c(Oc2cncc(Cl)c2)n1. The van der Waals surface area contributed by atoms with Crippen molar-refractivity contribution in [2.45, 2.75) is 0 Å². The zero-order chi connectivity index (χ0) is 10.8. The third-order valence-electron chi connectivity index (χ3n) is 1.72. The van der Waals surface area contributed by atoms with Gasteiger partial charge >= 0.3 is 0 Å². The molecule has 15 heavy (non-hydrogen) atoms. The third kappa shape index (κ3) is 2.19. The molecule has 2 aromatic heterocycles. The summed E-state index contributed by atoms with van der Waals surface area (Å²) in [5.41, 5.74) is 6.14. The molecule has 0 radical (unpaired) electrons. The maximum atomic E-state index is 5.76. The van der Waals surface area contributed by atoms with Crippen molar-refractivity contribution >= 4 is 17.3 Å². The molecule has 2 N–H and O–H groups in total. The number of ether oxygens (including phenoxy) is 1. The van der Waals surface area contributed by atoms with E-state index in [9.17, 15) is 0 Å². The molecule has 0 aliphatic rings. The highest BCUT2D eigenvalue weighted by atomic mass is 35.5. The summed E-state index contributed by atoms with van der Waals surface area (Å²) in [6.45, 7) is 0. The van der Waals surface area contributed by atoms with Gasteiger partial charge in [0.1, 0.15) is 11.4 Å². The molecular formula is C9H9ClN4O. The molecule has 2 rings (SSSR count). The van der Waals surface area contributed by atoms with Crippen LogP contribution in [0.15, 0.2) is 24.7 Å². The van der Waals surface area contributed by atoms with Crippen LogP contribution in [-0.2, 0) is 7.05 Å². The Morgan fingerprint density at radius 2 is 2.27 bits per heavy atom. The first-order valence-corrected chi connectivity index (χ1v) is 4.60. The van der Waals surface area contributed by atoms with E-state index in [1.807, 2.05) is 0 Å². The average Bonchev–Trinajstić information content (AvgIpc) is 2.45. The summed E-state index contributed by atoms with van der Waals surface area (Å²) in [6, 6.07) is 1.64. The van der Waals surface area contributed by atoms with Gasteiger partial charge in [0.05, 0.1) is 17.4 Å². The van der Waals surface area contributed by atoms with Crippen molar-refractivity contribution in [3.63, 3.8) is 0 Å². The second-order valence-corrected chi connectivity index (χ2v) is 3.44. The first kappa shape index (κ1) is 9.79. The number of nitrogens with zero attached hydrogens (tertiary/aromatic N) is 3. The first-order valence-electron chi connectivity index (χ1n) is 4.22. The Labute approximate surface area is 91.4 Å². The van der Waals surface area contributed by atoms with Crippen LogP contribution < -0.4 is 10.5 Å². The Morgan fingerprint density at radius 3 is 2.87 bits per heavy atom. The molecule has 0 unspecified atom stereocenters. The highest BCUT2D eigenvalue weighted by Crippen LogP contribution is 2.25. The first-order chi connectivity index (χ1) is 7.15. The molecule has 2 heterocycles. The summed E-state index contributed by atoms with van der Waals surface area (Å²) < 4.78 is 6.98. The maximum absolute atomic E-state index is 5.76. The molecule has 0 fully saturated rings. The molecule has 0 saturated carbocycles. The number of anilines is 1. The summed E-state index contributed by atoms with van der Waals surface area (Å²) in [7, 11) is 1.76. The van der Waals surface area contributed by atoms with Gasteiger partial charge in [-0.2, -0.15) is 0 Å². The van der Waals surface area contributed by atoms with Gasteiger partial charge in [0.15, 0.2) is 0 Å². The molecule has 0 bridgehead atoms. The van der Waals surface area contributed by atoms with E-state index in [0.717, 1.165) is 0 Å². The fourth-order valence-corrected chi connectivity index (χ4v) is 1.29. The quantitative estimate of drug-likeness (QED) is 0.845.